The Labute approximate surface area is 100 Å². The maximum atomic E-state index is 11.7. The normalized spacial score (nSPS) is 18.5. The molecule has 0 radical (unpaired) electrons. The molecule has 1 aliphatic heterocycles. The summed E-state index contributed by atoms with van der Waals surface area (Å²) in [6.07, 6.45) is 0. The quantitative estimate of drug-likeness (QED) is 0.789. The van der Waals surface area contributed by atoms with Gasteiger partial charge in [-0.1, -0.05) is 12.1 Å². The summed E-state index contributed by atoms with van der Waals surface area (Å²) >= 11 is 0. The number of rotatable bonds is 1. The van der Waals surface area contributed by atoms with Gasteiger partial charge in [0.2, 0.25) is 0 Å². The van der Waals surface area contributed by atoms with E-state index >= 15 is 0 Å². The molecular weight excluding hydrogens is 250 g/mol. The first-order valence-electron chi connectivity index (χ1n) is 4.47. The molecule has 0 spiro atoms. The van der Waals surface area contributed by atoms with Gasteiger partial charge in [-0.15, -0.1) is 16.8 Å². The zero-order chi connectivity index (χ0) is 11.1. The zero-order valence-corrected chi connectivity index (χ0v) is 10.2. The van der Waals surface area contributed by atoms with Crippen molar-refractivity contribution < 1.29 is 8.42 Å². The highest BCUT2D eigenvalue weighted by molar-refractivity contribution is 7.90. The Bertz CT molecular complexity index is 525. The maximum absolute atomic E-state index is 11.7. The van der Waals surface area contributed by atoms with Gasteiger partial charge in [-0.05, 0) is 19.1 Å². The molecule has 1 aromatic carbocycles. The van der Waals surface area contributed by atoms with E-state index in [1.807, 2.05) is 0 Å². The third-order valence-corrected chi connectivity index (χ3v) is 3.43. The molecule has 7 heteroatoms. The molecule has 0 amide bonds. The van der Waals surface area contributed by atoms with Crippen LogP contribution >= 0.6 is 12.4 Å². The van der Waals surface area contributed by atoms with E-state index in [2.05, 4.69) is 9.71 Å². The Morgan fingerprint density at radius 3 is 2.62 bits per heavy atom. The molecule has 0 aromatic heterocycles. The van der Waals surface area contributed by atoms with Crippen molar-refractivity contribution in [2.75, 3.05) is 5.32 Å². The number of hydrogen-bond donors (Lipinski definition) is 2. The second kappa shape index (κ2) is 4.40. The second-order valence-corrected chi connectivity index (χ2v) is 4.93. The van der Waals surface area contributed by atoms with Gasteiger partial charge < -0.3 is 11.1 Å². The number of nitrogens with two attached hydrogens (primary N) is 1. The fourth-order valence-corrected chi connectivity index (χ4v) is 2.55. The standard InChI is InChI=1S/C9H11N3O2S.ClH/c1-6(10)9-11-7-4-2-3-5-8(7)15(13,14)12-9;/h2-6H,10H2,1H3,(H,11,12);1H. The Morgan fingerprint density at radius 2 is 2.00 bits per heavy atom. The van der Waals surface area contributed by atoms with Crippen molar-refractivity contribution >= 4 is 34.0 Å². The van der Waals surface area contributed by atoms with Crippen molar-refractivity contribution in [1.82, 2.24) is 0 Å². The fourth-order valence-electron chi connectivity index (χ4n) is 1.33. The molecule has 1 aromatic rings. The number of benzene rings is 1. The van der Waals surface area contributed by atoms with E-state index in [0.29, 0.717) is 5.69 Å². The van der Waals surface area contributed by atoms with Gasteiger partial charge in [0.15, 0.2) is 0 Å². The minimum absolute atomic E-state index is 0. The highest BCUT2D eigenvalue weighted by Crippen LogP contribution is 2.26. The molecule has 0 fully saturated rings. The Morgan fingerprint density at radius 1 is 1.38 bits per heavy atom. The lowest BCUT2D eigenvalue weighted by Crippen LogP contribution is -2.36. The van der Waals surface area contributed by atoms with Crippen LogP contribution in [0.1, 0.15) is 6.92 Å². The lowest BCUT2D eigenvalue weighted by molar-refractivity contribution is 0.597. The summed E-state index contributed by atoms with van der Waals surface area (Å²) in [5, 5.41) is 2.90. The number of nitrogens with zero attached hydrogens (tertiary/aromatic N) is 1. The van der Waals surface area contributed by atoms with Crippen molar-refractivity contribution in [1.29, 1.82) is 0 Å². The highest BCUT2D eigenvalue weighted by atomic mass is 35.5. The van der Waals surface area contributed by atoms with E-state index in [9.17, 15) is 8.42 Å². The van der Waals surface area contributed by atoms with Crippen molar-refractivity contribution in [3.05, 3.63) is 24.3 Å². The molecule has 88 valence electrons. The summed E-state index contributed by atoms with van der Waals surface area (Å²) < 4.78 is 27.0. The van der Waals surface area contributed by atoms with Crippen LogP contribution in [0.25, 0.3) is 0 Å². The number of hydrogen-bond acceptors (Lipinski definition) is 4. The van der Waals surface area contributed by atoms with E-state index in [1.165, 1.54) is 6.07 Å². The molecule has 5 nitrogen and oxygen atoms in total. The molecule has 0 saturated carbocycles. The number of anilines is 1. The Balaban J connectivity index is 0.00000128. The van der Waals surface area contributed by atoms with Gasteiger partial charge in [0, 0.05) is 0 Å². The van der Waals surface area contributed by atoms with E-state index in [1.54, 1.807) is 25.1 Å². The number of nitrogens with one attached hydrogen (secondary N) is 1. The minimum atomic E-state index is -3.59. The predicted octanol–water partition coefficient (Wildman–Crippen LogP) is 0.968. The minimum Gasteiger partial charge on any atom is -0.341 e. The van der Waals surface area contributed by atoms with Crippen LogP contribution < -0.4 is 11.1 Å². The van der Waals surface area contributed by atoms with Crippen LogP contribution in [0.15, 0.2) is 33.6 Å². The van der Waals surface area contributed by atoms with Crippen LogP contribution in [-0.4, -0.2) is 20.3 Å². The van der Waals surface area contributed by atoms with E-state index in [4.69, 9.17) is 5.73 Å². The van der Waals surface area contributed by atoms with Gasteiger partial charge in [0.05, 0.1) is 11.7 Å². The predicted molar refractivity (Wildman–Crippen MR) is 65.6 cm³/mol. The highest BCUT2D eigenvalue weighted by Gasteiger charge is 2.25. The number of fused-ring (bicyclic) bond motifs is 1. The SMILES string of the molecule is CC(N)C1=NS(=O)(=O)c2ccccc2N1.Cl. The van der Waals surface area contributed by atoms with Crippen LogP contribution in [0.2, 0.25) is 0 Å². The Kier molecular flexibility index (Phi) is 3.57. The average molecular weight is 262 g/mol. The number of amidine groups is 1. The molecular formula is C9H12ClN3O2S. The Hall–Kier alpha value is -1.11. The summed E-state index contributed by atoms with van der Waals surface area (Å²) in [6, 6.07) is 6.17. The van der Waals surface area contributed by atoms with Crippen LogP contribution in [0.4, 0.5) is 5.69 Å². The number of para-hydroxylation sites is 1. The van der Waals surface area contributed by atoms with Crippen molar-refractivity contribution in [3.8, 4) is 0 Å². The van der Waals surface area contributed by atoms with Gasteiger partial charge in [-0.3, -0.25) is 0 Å². The first-order valence-corrected chi connectivity index (χ1v) is 5.91. The molecule has 3 N–H and O–H groups in total. The monoisotopic (exact) mass is 261 g/mol. The molecule has 0 aliphatic carbocycles. The lowest BCUT2D eigenvalue weighted by atomic mass is 10.2. The maximum Gasteiger partial charge on any atom is 0.286 e. The molecule has 1 unspecified atom stereocenters. The summed E-state index contributed by atoms with van der Waals surface area (Å²) in [4.78, 5) is 0.189. The third kappa shape index (κ3) is 2.18. The summed E-state index contributed by atoms with van der Waals surface area (Å²) in [5.74, 6) is 0.272. The number of sulfonamides is 1. The van der Waals surface area contributed by atoms with Crippen molar-refractivity contribution in [2.45, 2.75) is 17.9 Å². The molecule has 0 saturated heterocycles. The summed E-state index contributed by atoms with van der Waals surface area (Å²) in [5.41, 5.74) is 6.12. The van der Waals surface area contributed by atoms with Crippen LogP contribution in [0.3, 0.4) is 0 Å². The largest absolute Gasteiger partial charge is 0.341 e. The topological polar surface area (TPSA) is 84.5 Å². The van der Waals surface area contributed by atoms with Gasteiger partial charge in [0.25, 0.3) is 10.0 Å². The summed E-state index contributed by atoms with van der Waals surface area (Å²) in [6.45, 7) is 1.68. The summed E-state index contributed by atoms with van der Waals surface area (Å²) in [7, 11) is -3.59. The second-order valence-electron chi connectivity index (χ2n) is 3.36. The molecule has 2 rings (SSSR count). The average Bonchev–Trinajstić information content (AvgIpc) is 2.16. The first-order chi connectivity index (χ1) is 7.00. The first kappa shape index (κ1) is 13.0. The lowest BCUT2D eigenvalue weighted by Gasteiger charge is -2.19. The molecule has 16 heavy (non-hydrogen) atoms. The van der Waals surface area contributed by atoms with Crippen molar-refractivity contribution in [3.63, 3.8) is 0 Å². The van der Waals surface area contributed by atoms with Gasteiger partial charge in [-0.2, -0.15) is 8.42 Å². The van der Waals surface area contributed by atoms with Crippen molar-refractivity contribution in [2.24, 2.45) is 10.1 Å². The number of halogens is 1. The van der Waals surface area contributed by atoms with Crippen LogP contribution in [0.5, 0.6) is 0 Å². The van der Waals surface area contributed by atoms with E-state index < -0.39 is 16.1 Å². The molecule has 1 aliphatic rings. The van der Waals surface area contributed by atoms with Crippen LogP contribution in [-0.2, 0) is 10.0 Å². The molecule has 1 atom stereocenters. The van der Waals surface area contributed by atoms with E-state index in [-0.39, 0.29) is 23.1 Å². The van der Waals surface area contributed by atoms with E-state index in [0.717, 1.165) is 0 Å². The smallest absolute Gasteiger partial charge is 0.286 e. The zero-order valence-electron chi connectivity index (χ0n) is 8.54. The molecule has 0 bridgehead atoms. The fraction of sp³-hybridized carbons (Fsp3) is 0.222. The van der Waals surface area contributed by atoms with Gasteiger partial charge >= 0.3 is 0 Å². The third-order valence-electron chi connectivity index (χ3n) is 2.08. The van der Waals surface area contributed by atoms with Crippen LogP contribution in [0, 0.1) is 0 Å². The van der Waals surface area contributed by atoms with Gasteiger partial charge in [0.1, 0.15) is 10.7 Å². The molecule has 1 heterocycles. The van der Waals surface area contributed by atoms with Gasteiger partial charge in [-0.25, -0.2) is 0 Å².